The molecule has 0 aliphatic carbocycles. The molecule has 100 valence electrons. The van der Waals surface area contributed by atoms with Crippen LogP contribution in [0.4, 0.5) is 0 Å². The molecule has 0 saturated carbocycles. The smallest absolute Gasteiger partial charge is 0.255 e. The number of benzene rings is 1. The molecule has 0 aliphatic heterocycles. The zero-order chi connectivity index (χ0) is 14.5. The number of halogens is 1. The number of rotatable bonds is 3. The molecule has 0 fully saturated rings. The average molecular weight is 286 g/mol. The highest BCUT2D eigenvalue weighted by Crippen LogP contribution is 2.11. The molecule has 0 atom stereocenters. The van der Waals surface area contributed by atoms with Crippen LogP contribution in [0.1, 0.15) is 21.5 Å². The minimum atomic E-state index is -0.142. The second kappa shape index (κ2) is 6.18. The van der Waals surface area contributed by atoms with E-state index in [9.17, 15) is 4.79 Å². The lowest BCUT2D eigenvalue weighted by Crippen LogP contribution is -2.26. The van der Waals surface area contributed by atoms with E-state index in [0.29, 0.717) is 22.8 Å². The Morgan fingerprint density at radius 1 is 1.40 bits per heavy atom. The molecule has 0 aliphatic rings. The summed E-state index contributed by atoms with van der Waals surface area (Å²) in [5.41, 5.74) is 1.96. The fourth-order valence-electron chi connectivity index (χ4n) is 1.81. The van der Waals surface area contributed by atoms with Gasteiger partial charge in [-0.2, -0.15) is 5.26 Å². The first kappa shape index (κ1) is 14.0. The second-order valence-electron chi connectivity index (χ2n) is 4.34. The summed E-state index contributed by atoms with van der Waals surface area (Å²) in [5, 5.41) is 9.21. The molecular weight excluding hydrogens is 274 g/mol. The first-order valence-corrected chi connectivity index (χ1v) is 6.34. The van der Waals surface area contributed by atoms with E-state index in [0.717, 1.165) is 5.56 Å². The fraction of sp³-hybridized carbons (Fsp3) is 0.133. The van der Waals surface area contributed by atoms with E-state index in [1.54, 1.807) is 42.3 Å². The monoisotopic (exact) mass is 285 g/mol. The molecule has 5 heteroatoms. The van der Waals surface area contributed by atoms with E-state index in [4.69, 9.17) is 16.9 Å². The molecule has 1 aromatic carbocycles. The number of aromatic nitrogens is 1. The lowest BCUT2D eigenvalue weighted by molar-refractivity contribution is 0.0784. The summed E-state index contributed by atoms with van der Waals surface area (Å²) >= 11 is 5.69. The SMILES string of the molecule is CN(Cc1cccc(C#N)c1)C(=O)c1ccc(Cl)nc1. The number of pyridine rings is 1. The third-order valence-corrected chi connectivity index (χ3v) is 3.02. The van der Waals surface area contributed by atoms with Crippen molar-refractivity contribution in [1.82, 2.24) is 9.88 Å². The summed E-state index contributed by atoms with van der Waals surface area (Å²) in [7, 11) is 1.70. The molecule has 1 heterocycles. The summed E-state index contributed by atoms with van der Waals surface area (Å²) in [6.07, 6.45) is 1.45. The molecule has 2 aromatic rings. The molecule has 1 amide bonds. The third-order valence-electron chi connectivity index (χ3n) is 2.80. The number of amides is 1. The van der Waals surface area contributed by atoms with E-state index >= 15 is 0 Å². The van der Waals surface area contributed by atoms with Gasteiger partial charge in [-0.3, -0.25) is 4.79 Å². The van der Waals surface area contributed by atoms with Crippen molar-refractivity contribution in [2.45, 2.75) is 6.54 Å². The van der Waals surface area contributed by atoms with E-state index in [1.807, 2.05) is 6.07 Å². The van der Waals surface area contributed by atoms with Crippen molar-refractivity contribution in [2.24, 2.45) is 0 Å². The van der Waals surface area contributed by atoms with Crippen molar-refractivity contribution in [3.63, 3.8) is 0 Å². The Balaban J connectivity index is 2.11. The van der Waals surface area contributed by atoms with Gasteiger partial charge in [0.15, 0.2) is 0 Å². The Kier molecular flexibility index (Phi) is 4.34. The van der Waals surface area contributed by atoms with E-state index in [-0.39, 0.29) is 5.91 Å². The summed E-state index contributed by atoms with van der Waals surface area (Å²) in [4.78, 5) is 17.7. The first-order valence-electron chi connectivity index (χ1n) is 5.96. The van der Waals surface area contributed by atoms with Gasteiger partial charge in [0.05, 0.1) is 17.2 Å². The molecule has 4 nitrogen and oxygen atoms in total. The summed E-state index contributed by atoms with van der Waals surface area (Å²) in [6, 6.07) is 12.5. The van der Waals surface area contributed by atoms with Crippen LogP contribution >= 0.6 is 11.6 Å². The molecule has 0 radical (unpaired) electrons. The molecule has 0 spiro atoms. The van der Waals surface area contributed by atoms with Crippen LogP contribution in [-0.4, -0.2) is 22.8 Å². The maximum Gasteiger partial charge on any atom is 0.255 e. The van der Waals surface area contributed by atoms with Gasteiger partial charge in [0.25, 0.3) is 5.91 Å². The largest absolute Gasteiger partial charge is 0.337 e. The van der Waals surface area contributed by atoms with Crippen LogP contribution in [0.5, 0.6) is 0 Å². The van der Waals surface area contributed by atoms with Crippen LogP contribution in [0.3, 0.4) is 0 Å². The normalized spacial score (nSPS) is 9.85. The van der Waals surface area contributed by atoms with Gasteiger partial charge in [0, 0.05) is 19.8 Å². The topological polar surface area (TPSA) is 57.0 Å². The number of hydrogen-bond donors (Lipinski definition) is 0. The van der Waals surface area contributed by atoms with E-state index in [1.165, 1.54) is 6.20 Å². The standard InChI is InChI=1S/C15H12ClN3O/c1-19(10-12-4-2-3-11(7-12)8-17)15(20)13-5-6-14(16)18-9-13/h2-7,9H,10H2,1H3. The van der Waals surface area contributed by atoms with Crippen molar-refractivity contribution in [2.75, 3.05) is 7.05 Å². The van der Waals surface area contributed by atoms with Crippen LogP contribution in [0.2, 0.25) is 5.15 Å². The van der Waals surface area contributed by atoms with Gasteiger partial charge >= 0.3 is 0 Å². The van der Waals surface area contributed by atoms with E-state index < -0.39 is 0 Å². The number of nitrogens with zero attached hydrogens (tertiary/aromatic N) is 3. The van der Waals surface area contributed by atoms with E-state index in [2.05, 4.69) is 11.1 Å². The van der Waals surface area contributed by atoms with Crippen molar-refractivity contribution >= 4 is 17.5 Å². The highest BCUT2D eigenvalue weighted by atomic mass is 35.5. The average Bonchev–Trinajstić information content (AvgIpc) is 2.47. The lowest BCUT2D eigenvalue weighted by atomic mass is 10.1. The number of hydrogen-bond acceptors (Lipinski definition) is 3. The minimum absolute atomic E-state index is 0.142. The van der Waals surface area contributed by atoms with Gasteiger partial charge in [0.2, 0.25) is 0 Å². The molecule has 20 heavy (non-hydrogen) atoms. The lowest BCUT2D eigenvalue weighted by Gasteiger charge is -2.17. The van der Waals surface area contributed by atoms with Crippen molar-refractivity contribution in [3.8, 4) is 6.07 Å². The van der Waals surface area contributed by atoms with Crippen molar-refractivity contribution in [3.05, 3.63) is 64.4 Å². The molecule has 0 N–H and O–H groups in total. The summed E-state index contributed by atoms with van der Waals surface area (Å²) in [5.74, 6) is -0.142. The van der Waals surface area contributed by atoms with Crippen LogP contribution in [0, 0.1) is 11.3 Å². The van der Waals surface area contributed by atoms with Crippen LogP contribution in [-0.2, 0) is 6.54 Å². The minimum Gasteiger partial charge on any atom is -0.337 e. The van der Waals surface area contributed by atoms with Gasteiger partial charge in [-0.15, -0.1) is 0 Å². The molecule has 1 aromatic heterocycles. The molecule has 0 bridgehead atoms. The number of nitriles is 1. The first-order chi connectivity index (χ1) is 9.60. The van der Waals surface area contributed by atoms with Gasteiger partial charge in [0.1, 0.15) is 5.15 Å². The highest BCUT2D eigenvalue weighted by Gasteiger charge is 2.12. The maximum absolute atomic E-state index is 12.2. The molecule has 0 saturated heterocycles. The second-order valence-corrected chi connectivity index (χ2v) is 4.73. The molecular formula is C15H12ClN3O. The Hall–Kier alpha value is -2.38. The van der Waals surface area contributed by atoms with Crippen molar-refractivity contribution < 1.29 is 4.79 Å². The summed E-state index contributed by atoms with van der Waals surface area (Å²) in [6.45, 7) is 0.428. The quantitative estimate of drug-likeness (QED) is 0.815. The zero-order valence-corrected chi connectivity index (χ0v) is 11.6. The Morgan fingerprint density at radius 3 is 2.85 bits per heavy atom. The van der Waals surface area contributed by atoms with Gasteiger partial charge < -0.3 is 4.90 Å². The highest BCUT2D eigenvalue weighted by molar-refractivity contribution is 6.29. The van der Waals surface area contributed by atoms with Crippen LogP contribution < -0.4 is 0 Å². The Labute approximate surface area is 122 Å². The van der Waals surface area contributed by atoms with Gasteiger partial charge in [-0.1, -0.05) is 23.7 Å². The van der Waals surface area contributed by atoms with Crippen LogP contribution in [0.15, 0.2) is 42.6 Å². The molecule has 0 unspecified atom stereocenters. The zero-order valence-electron chi connectivity index (χ0n) is 10.9. The number of carbonyl (C=O) groups excluding carboxylic acids is 1. The number of carbonyl (C=O) groups is 1. The van der Waals surface area contributed by atoms with Gasteiger partial charge in [-0.25, -0.2) is 4.98 Å². The Morgan fingerprint density at radius 2 is 2.20 bits per heavy atom. The predicted octanol–water partition coefficient (Wildman–Crippen LogP) is 2.88. The summed E-state index contributed by atoms with van der Waals surface area (Å²) < 4.78 is 0. The fourth-order valence-corrected chi connectivity index (χ4v) is 1.92. The molecule has 2 rings (SSSR count). The van der Waals surface area contributed by atoms with Crippen molar-refractivity contribution in [1.29, 1.82) is 5.26 Å². The van der Waals surface area contributed by atoms with Gasteiger partial charge in [-0.05, 0) is 29.8 Å². The Bertz CT molecular complexity index is 662. The predicted molar refractivity (Wildman–Crippen MR) is 76.2 cm³/mol. The maximum atomic E-state index is 12.2. The third kappa shape index (κ3) is 3.34. The van der Waals surface area contributed by atoms with Crippen LogP contribution in [0.25, 0.3) is 0 Å².